The highest BCUT2D eigenvalue weighted by Gasteiger charge is 2.14. The third kappa shape index (κ3) is 3.62. The summed E-state index contributed by atoms with van der Waals surface area (Å²) in [6, 6.07) is 17.7. The Balaban J connectivity index is 1.36. The van der Waals surface area contributed by atoms with Gasteiger partial charge in [-0.3, -0.25) is 4.79 Å². The fraction of sp³-hybridized carbons (Fsp3) is 0.105. The monoisotopic (exact) mass is 364 g/mol. The van der Waals surface area contributed by atoms with E-state index in [2.05, 4.69) is 20.5 Å². The number of fused-ring (bicyclic) bond motifs is 1. The second kappa shape index (κ2) is 7.45. The molecule has 0 saturated carbocycles. The first-order valence-corrected chi connectivity index (χ1v) is 9.11. The molecule has 0 bridgehead atoms. The quantitative estimate of drug-likeness (QED) is 0.511. The van der Waals surface area contributed by atoms with Gasteiger partial charge in [0.1, 0.15) is 0 Å². The second-order valence-electron chi connectivity index (χ2n) is 5.67. The van der Waals surface area contributed by atoms with E-state index in [1.165, 1.54) is 11.8 Å². The van der Waals surface area contributed by atoms with Crippen molar-refractivity contribution in [2.24, 2.45) is 0 Å². The number of hydrogen-bond acceptors (Lipinski definition) is 5. The predicted molar refractivity (Wildman–Crippen MR) is 101 cm³/mol. The van der Waals surface area contributed by atoms with E-state index >= 15 is 0 Å². The van der Waals surface area contributed by atoms with Crippen molar-refractivity contribution in [3.05, 3.63) is 66.4 Å². The number of carbonyl (C=O) groups excluding carboxylic acids is 1. The van der Waals surface area contributed by atoms with Gasteiger partial charge in [-0.2, -0.15) is 0 Å². The van der Waals surface area contributed by atoms with E-state index in [0.29, 0.717) is 17.7 Å². The summed E-state index contributed by atoms with van der Waals surface area (Å²) in [5.74, 6) is 0.586. The van der Waals surface area contributed by atoms with Crippen molar-refractivity contribution < 1.29 is 9.21 Å². The molecule has 0 atom stereocenters. The zero-order valence-corrected chi connectivity index (χ0v) is 14.6. The molecule has 6 nitrogen and oxygen atoms in total. The van der Waals surface area contributed by atoms with Crippen molar-refractivity contribution in [1.82, 2.24) is 20.5 Å². The maximum Gasteiger partial charge on any atom is 0.277 e. The van der Waals surface area contributed by atoms with Gasteiger partial charge in [-0.25, -0.2) is 0 Å². The summed E-state index contributed by atoms with van der Waals surface area (Å²) in [4.78, 5) is 15.2. The van der Waals surface area contributed by atoms with Gasteiger partial charge in [0.2, 0.25) is 5.91 Å². The van der Waals surface area contributed by atoms with Crippen LogP contribution in [0.15, 0.2) is 70.4 Å². The fourth-order valence-electron chi connectivity index (χ4n) is 2.60. The van der Waals surface area contributed by atoms with E-state index < -0.39 is 0 Å². The average molecular weight is 364 g/mol. The highest BCUT2D eigenvalue weighted by molar-refractivity contribution is 7.99. The summed E-state index contributed by atoms with van der Waals surface area (Å²) in [7, 11) is 0. The van der Waals surface area contributed by atoms with Crippen molar-refractivity contribution in [3.8, 4) is 11.5 Å². The van der Waals surface area contributed by atoms with Crippen LogP contribution >= 0.6 is 11.8 Å². The lowest BCUT2D eigenvalue weighted by Crippen LogP contribution is -2.24. The van der Waals surface area contributed by atoms with Gasteiger partial charge in [0.05, 0.1) is 11.3 Å². The van der Waals surface area contributed by atoms with Crippen molar-refractivity contribution in [2.45, 2.75) is 11.8 Å². The number of amides is 1. The Morgan fingerprint density at radius 1 is 1.08 bits per heavy atom. The second-order valence-corrected chi connectivity index (χ2v) is 6.60. The zero-order chi connectivity index (χ0) is 17.8. The molecule has 0 radical (unpaired) electrons. The number of H-pyrrole nitrogens is 1. The van der Waals surface area contributed by atoms with Crippen LogP contribution in [0.2, 0.25) is 0 Å². The lowest BCUT2D eigenvalue weighted by Gasteiger charge is -2.03. The normalized spacial score (nSPS) is 10.9. The number of rotatable bonds is 6. The van der Waals surface area contributed by atoms with Crippen molar-refractivity contribution in [2.75, 3.05) is 5.75 Å². The molecule has 0 aliphatic heterocycles. The molecule has 130 valence electrons. The molecule has 2 aromatic heterocycles. The molecule has 1 amide bonds. The molecule has 0 fully saturated rings. The molecule has 4 rings (SSSR count). The smallest absolute Gasteiger partial charge is 0.277 e. The highest BCUT2D eigenvalue weighted by atomic mass is 32.2. The fourth-order valence-corrected chi connectivity index (χ4v) is 3.19. The Morgan fingerprint density at radius 3 is 2.77 bits per heavy atom. The number of aromatic nitrogens is 3. The van der Waals surface area contributed by atoms with E-state index in [-0.39, 0.29) is 11.7 Å². The predicted octanol–water partition coefficient (Wildman–Crippen LogP) is 3.63. The standard InChI is InChI=1S/C19H16N4O2S/c24-17(21-10-13-6-2-1-3-7-13)12-26-19-23-22-18(25-19)15-11-20-16-9-5-4-8-14(15)16/h1-9,11,20H,10,12H2,(H,21,24). The topological polar surface area (TPSA) is 83.8 Å². The van der Waals surface area contributed by atoms with E-state index in [1.807, 2.05) is 60.8 Å². The molecule has 0 spiro atoms. The van der Waals surface area contributed by atoms with Gasteiger partial charge in [0, 0.05) is 23.6 Å². The lowest BCUT2D eigenvalue weighted by molar-refractivity contribution is -0.118. The summed E-state index contributed by atoms with van der Waals surface area (Å²) in [6.07, 6.45) is 1.85. The lowest BCUT2D eigenvalue weighted by atomic mass is 10.2. The molecule has 7 heteroatoms. The van der Waals surface area contributed by atoms with E-state index in [9.17, 15) is 4.79 Å². The average Bonchev–Trinajstić information content (AvgIpc) is 3.32. The van der Waals surface area contributed by atoms with Crippen LogP contribution in [0.1, 0.15) is 5.56 Å². The maximum absolute atomic E-state index is 12.0. The number of hydrogen-bond donors (Lipinski definition) is 2. The molecular weight excluding hydrogens is 348 g/mol. The van der Waals surface area contributed by atoms with Crippen LogP contribution < -0.4 is 5.32 Å². The summed E-state index contributed by atoms with van der Waals surface area (Å²) >= 11 is 1.22. The van der Waals surface area contributed by atoms with Gasteiger partial charge >= 0.3 is 0 Å². The van der Waals surface area contributed by atoms with Crippen LogP contribution in [0.4, 0.5) is 0 Å². The van der Waals surface area contributed by atoms with Crippen LogP contribution in [-0.4, -0.2) is 26.8 Å². The molecule has 0 aliphatic carbocycles. The van der Waals surface area contributed by atoms with Gasteiger partial charge in [0.25, 0.3) is 11.1 Å². The number of para-hydroxylation sites is 1. The maximum atomic E-state index is 12.0. The molecule has 2 heterocycles. The third-order valence-electron chi connectivity index (χ3n) is 3.89. The van der Waals surface area contributed by atoms with Crippen molar-refractivity contribution in [3.63, 3.8) is 0 Å². The molecule has 0 aliphatic rings. The Morgan fingerprint density at radius 2 is 1.88 bits per heavy atom. The van der Waals surface area contributed by atoms with Crippen molar-refractivity contribution in [1.29, 1.82) is 0 Å². The number of benzene rings is 2. The molecular formula is C19H16N4O2S. The molecule has 0 saturated heterocycles. The van der Waals surface area contributed by atoms with E-state index in [4.69, 9.17) is 4.42 Å². The van der Waals surface area contributed by atoms with Gasteiger partial charge in [0.15, 0.2) is 0 Å². The van der Waals surface area contributed by atoms with Crippen LogP contribution in [0.25, 0.3) is 22.4 Å². The van der Waals surface area contributed by atoms with Crippen LogP contribution in [-0.2, 0) is 11.3 Å². The zero-order valence-electron chi connectivity index (χ0n) is 13.8. The SMILES string of the molecule is O=C(CSc1nnc(-c2c[nH]c3ccccc23)o1)NCc1ccccc1. The first kappa shape index (κ1) is 16.4. The minimum atomic E-state index is -0.0781. The summed E-state index contributed by atoms with van der Waals surface area (Å²) in [5.41, 5.74) is 2.92. The number of aromatic amines is 1. The van der Waals surface area contributed by atoms with Gasteiger partial charge in [-0.05, 0) is 11.6 Å². The highest BCUT2D eigenvalue weighted by Crippen LogP contribution is 2.29. The molecule has 0 unspecified atom stereocenters. The van der Waals surface area contributed by atoms with Crippen LogP contribution in [0.5, 0.6) is 0 Å². The Labute approximate surface area is 154 Å². The molecule has 2 N–H and O–H groups in total. The molecule has 2 aromatic carbocycles. The Kier molecular flexibility index (Phi) is 4.70. The Hall–Kier alpha value is -3.06. The first-order valence-electron chi connectivity index (χ1n) is 8.13. The molecule has 4 aromatic rings. The minimum Gasteiger partial charge on any atom is -0.411 e. The summed E-state index contributed by atoms with van der Waals surface area (Å²) in [6.45, 7) is 0.505. The first-order chi connectivity index (χ1) is 12.8. The van der Waals surface area contributed by atoms with E-state index in [1.54, 1.807) is 0 Å². The van der Waals surface area contributed by atoms with Gasteiger partial charge in [-0.15, -0.1) is 10.2 Å². The largest absolute Gasteiger partial charge is 0.411 e. The Bertz CT molecular complexity index is 1030. The van der Waals surface area contributed by atoms with Gasteiger partial charge < -0.3 is 14.7 Å². The minimum absolute atomic E-state index is 0.0781. The van der Waals surface area contributed by atoms with E-state index in [0.717, 1.165) is 22.0 Å². The number of nitrogens with zero attached hydrogens (tertiary/aromatic N) is 2. The van der Waals surface area contributed by atoms with Gasteiger partial charge in [-0.1, -0.05) is 60.3 Å². The number of carbonyl (C=O) groups is 1. The number of nitrogens with one attached hydrogen (secondary N) is 2. The van der Waals surface area contributed by atoms with Crippen LogP contribution in [0.3, 0.4) is 0 Å². The third-order valence-corrected chi connectivity index (χ3v) is 4.70. The summed E-state index contributed by atoms with van der Waals surface area (Å²) in [5, 5.41) is 12.4. The van der Waals surface area contributed by atoms with Crippen LogP contribution in [0, 0.1) is 0 Å². The molecule has 26 heavy (non-hydrogen) atoms. The number of thioether (sulfide) groups is 1. The van der Waals surface area contributed by atoms with Crippen molar-refractivity contribution >= 4 is 28.6 Å². The summed E-state index contributed by atoms with van der Waals surface area (Å²) < 4.78 is 5.69.